The van der Waals surface area contributed by atoms with E-state index in [1.165, 1.54) is 17.7 Å². The molecule has 2 aliphatic rings. The predicted octanol–water partition coefficient (Wildman–Crippen LogP) is 2.58. The minimum atomic E-state index is 0.202. The molecule has 0 saturated carbocycles. The van der Waals surface area contributed by atoms with Gasteiger partial charge in [-0.1, -0.05) is 13.8 Å². The summed E-state index contributed by atoms with van der Waals surface area (Å²) in [6.45, 7) is 8.11. The van der Waals surface area contributed by atoms with Gasteiger partial charge in [0.05, 0.1) is 12.2 Å². The monoisotopic (exact) mass is 275 g/mol. The molecule has 1 aliphatic carbocycles. The SMILES string of the molecule is CC(=O)N1CCC(n2ncc3c2CCC(C)(C)C3)CC1. The van der Waals surface area contributed by atoms with Crippen molar-refractivity contribution in [1.82, 2.24) is 14.7 Å². The molecule has 2 heterocycles. The van der Waals surface area contributed by atoms with Gasteiger partial charge in [-0.15, -0.1) is 0 Å². The van der Waals surface area contributed by atoms with Gasteiger partial charge in [0.1, 0.15) is 0 Å². The van der Waals surface area contributed by atoms with Crippen molar-refractivity contribution < 1.29 is 4.79 Å². The van der Waals surface area contributed by atoms with Gasteiger partial charge in [-0.2, -0.15) is 5.10 Å². The average Bonchev–Trinajstić information content (AvgIpc) is 2.80. The lowest BCUT2D eigenvalue weighted by atomic mass is 9.76. The Balaban J connectivity index is 1.74. The van der Waals surface area contributed by atoms with Crippen LogP contribution < -0.4 is 0 Å². The minimum Gasteiger partial charge on any atom is -0.343 e. The lowest BCUT2D eigenvalue weighted by Gasteiger charge is -2.34. The third-order valence-corrected chi connectivity index (χ3v) is 4.95. The van der Waals surface area contributed by atoms with Gasteiger partial charge in [0.15, 0.2) is 0 Å². The minimum absolute atomic E-state index is 0.202. The summed E-state index contributed by atoms with van der Waals surface area (Å²) in [5, 5.41) is 4.67. The zero-order valence-electron chi connectivity index (χ0n) is 12.9. The van der Waals surface area contributed by atoms with Crippen LogP contribution in [0.1, 0.15) is 57.3 Å². The van der Waals surface area contributed by atoms with E-state index in [2.05, 4.69) is 29.8 Å². The third kappa shape index (κ3) is 2.48. The van der Waals surface area contributed by atoms with Crippen molar-refractivity contribution in [3.05, 3.63) is 17.5 Å². The molecule has 0 spiro atoms. The van der Waals surface area contributed by atoms with Crippen LogP contribution in [0.4, 0.5) is 0 Å². The summed E-state index contributed by atoms with van der Waals surface area (Å²) >= 11 is 0. The van der Waals surface area contributed by atoms with Crippen LogP contribution in [0.15, 0.2) is 6.20 Å². The molecular weight excluding hydrogens is 250 g/mol. The number of hydrogen-bond acceptors (Lipinski definition) is 2. The first-order valence-electron chi connectivity index (χ1n) is 7.77. The largest absolute Gasteiger partial charge is 0.343 e. The standard InChI is InChI=1S/C16H25N3O/c1-12(20)18-8-5-14(6-9-18)19-15-4-7-16(2,3)10-13(15)11-17-19/h11,14H,4-10H2,1-3H3. The molecule has 1 aromatic heterocycles. The third-order valence-electron chi connectivity index (χ3n) is 4.95. The Kier molecular flexibility index (Phi) is 3.35. The molecule has 0 bridgehead atoms. The number of amides is 1. The second-order valence-electron chi connectivity index (χ2n) is 7.14. The first-order chi connectivity index (χ1) is 9.46. The first-order valence-corrected chi connectivity index (χ1v) is 7.77. The van der Waals surface area contributed by atoms with Gasteiger partial charge >= 0.3 is 0 Å². The molecule has 1 amide bonds. The molecule has 20 heavy (non-hydrogen) atoms. The van der Waals surface area contributed by atoms with Gasteiger partial charge in [0, 0.05) is 25.7 Å². The lowest BCUT2D eigenvalue weighted by Crippen LogP contribution is -2.38. The van der Waals surface area contributed by atoms with Crippen molar-refractivity contribution in [3.8, 4) is 0 Å². The maximum Gasteiger partial charge on any atom is 0.219 e. The van der Waals surface area contributed by atoms with E-state index in [0.717, 1.165) is 38.8 Å². The van der Waals surface area contributed by atoms with E-state index in [-0.39, 0.29) is 5.91 Å². The van der Waals surface area contributed by atoms with Gasteiger partial charge in [-0.05, 0) is 43.1 Å². The maximum atomic E-state index is 11.4. The smallest absolute Gasteiger partial charge is 0.219 e. The van der Waals surface area contributed by atoms with Crippen molar-refractivity contribution in [3.63, 3.8) is 0 Å². The first kappa shape index (κ1) is 13.7. The van der Waals surface area contributed by atoms with Crippen LogP contribution in [-0.4, -0.2) is 33.7 Å². The Labute approximate surface area is 121 Å². The molecule has 4 heteroatoms. The Morgan fingerprint density at radius 3 is 2.70 bits per heavy atom. The Morgan fingerprint density at radius 2 is 2.05 bits per heavy atom. The molecule has 1 saturated heterocycles. The van der Waals surface area contributed by atoms with Crippen LogP contribution in [-0.2, 0) is 17.6 Å². The fraction of sp³-hybridized carbons (Fsp3) is 0.750. The quantitative estimate of drug-likeness (QED) is 0.790. The zero-order valence-corrected chi connectivity index (χ0v) is 12.9. The van der Waals surface area contributed by atoms with Gasteiger partial charge in [-0.3, -0.25) is 9.48 Å². The van der Waals surface area contributed by atoms with E-state index < -0.39 is 0 Å². The normalized spacial score (nSPS) is 22.6. The topological polar surface area (TPSA) is 38.1 Å². The summed E-state index contributed by atoms with van der Waals surface area (Å²) in [7, 11) is 0. The van der Waals surface area contributed by atoms with Gasteiger partial charge < -0.3 is 4.90 Å². The highest BCUT2D eigenvalue weighted by molar-refractivity contribution is 5.73. The van der Waals surface area contributed by atoms with Crippen molar-refractivity contribution >= 4 is 5.91 Å². The molecular formula is C16H25N3O. The number of rotatable bonds is 1. The fourth-order valence-electron chi connectivity index (χ4n) is 3.65. The summed E-state index contributed by atoms with van der Waals surface area (Å²) in [5.41, 5.74) is 3.31. The summed E-state index contributed by atoms with van der Waals surface area (Å²) in [4.78, 5) is 13.4. The number of nitrogens with zero attached hydrogens (tertiary/aromatic N) is 3. The zero-order chi connectivity index (χ0) is 14.3. The molecule has 0 atom stereocenters. The van der Waals surface area contributed by atoms with Gasteiger partial charge in [0.2, 0.25) is 5.91 Å². The lowest BCUT2D eigenvalue weighted by molar-refractivity contribution is -0.130. The number of aromatic nitrogens is 2. The van der Waals surface area contributed by atoms with Crippen LogP contribution in [0.2, 0.25) is 0 Å². The van der Waals surface area contributed by atoms with E-state index in [9.17, 15) is 4.79 Å². The fourth-order valence-corrected chi connectivity index (χ4v) is 3.65. The molecule has 1 aliphatic heterocycles. The Morgan fingerprint density at radius 1 is 1.35 bits per heavy atom. The summed E-state index contributed by atoms with van der Waals surface area (Å²) in [6.07, 6.45) is 7.70. The molecule has 1 fully saturated rings. The molecule has 4 nitrogen and oxygen atoms in total. The number of hydrogen-bond donors (Lipinski definition) is 0. The molecule has 0 radical (unpaired) electrons. The van der Waals surface area contributed by atoms with Crippen LogP contribution in [0.25, 0.3) is 0 Å². The van der Waals surface area contributed by atoms with Gasteiger partial charge in [-0.25, -0.2) is 0 Å². The van der Waals surface area contributed by atoms with Crippen molar-refractivity contribution in [2.45, 2.75) is 58.9 Å². The number of carbonyl (C=O) groups is 1. The highest BCUT2D eigenvalue weighted by atomic mass is 16.2. The molecule has 0 unspecified atom stereocenters. The van der Waals surface area contributed by atoms with Crippen molar-refractivity contribution in [1.29, 1.82) is 0 Å². The molecule has 110 valence electrons. The van der Waals surface area contributed by atoms with Crippen LogP contribution in [0.3, 0.4) is 0 Å². The van der Waals surface area contributed by atoms with Crippen LogP contribution in [0.5, 0.6) is 0 Å². The number of carbonyl (C=O) groups excluding carboxylic acids is 1. The second kappa shape index (κ2) is 4.90. The number of likely N-dealkylation sites (tertiary alicyclic amines) is 1. The summed E-state index contributed by atoms with van der Waals surface area (Å²) in [5.74, 6) is 0.202. The number of piperidine rings is 1. The van der Waals surface area contributed by atoms with Crippen molar-refractivity contribution in [2.75, 3.05) is 13.1 Å². The molecule has 0 N–H and O–H groups in total. The molecule has 3 rings (SSSR count). The van der Waals surface area contributed by atoms with Crippen LogP contribution >= 0.6 is 0 Å². The van der Waals surface area contributed by atoms with E-state index >= 15 is 0 Å². The van der Waals surface area contributed by atoms with Crippen molar-refractivity contribution in [2.24, 2.45) is 5.41 Å². The average molecular weight is 275 g/mol. The van der Waals surface area contributed by atoms with E-state index in [4.69, 9.17) is 0 Å². The van der Waals surface area contributed by atoms with Gasteiger partial charge in [0.25, 0.3) is 0 Å². The second-order valence-corrected chi connectivity index (χ2v) is 7.14. The summed E-state index contributed by atoms with van der Waals surface area (Å²) in [6, 6.07) is 0.482. The Bertz CT molecular complexity index is 510. The predicted molar refractivity (Wildman–Crippen MR) is 78.6 cm³/mol. The molecule has 1 aromatic rings. The van der Waals surface area contributed by atoms with Crippen LogP contribution in [0, 0.1) is 5.41 Å². The highest BCUT2D eigenvalue weighted by Gasteiger charge is 2.31. The Hall–Kier alpha value is -1.32. The van der Waals surface area contributed by atoms with E-state index in [1.54, 1.807) is 6.92 Å². The highest BCUT2D eigenvalue weighted by Crippen LogP contribution is 2.36. The number of fused-ring (bicyclic) bond motifs is 1. The van der Waals surface area contributed by atoms with E-state index in [0.29, 0.717) is 11.5 Å². The molecule has 0 aromatic carbocycles. The summed E-state index contributed by atoms with van der Waals surface area (Å²) < 4.78 is 2.27. The van der Waals surface area contributed by atoms with E-state index in [1.807, 2.05) is 4.90 Å². The maximum absolute atomic E-state index is 11.4.